The molecule has 0 saturated carbocycles. The molecule has 20 heavy (non-hydrogen) atoms. The molecule has 3 nitrogen and oxygen atoms in total. The van der Waals surface area contributed by atoms with E-state index < -0.39 is 0 Å². The summed E-state index contributed by atoms with van der Waals surface area (Å²) in [6.45, 7) is 2.93. The highest BCUT2D eigenvalue weighted by atomic mass is 32.2. The molecule has 1 N–H and O–H groups in total. The summed E-state index contributed by atoms with van der Waals surface area (Å²) in [7, 11) is 0. The molecule has 0 spiro atoms. The number of nitrogens with one attached hydrogen (secondary N) is 1. The van der Waals surface area contributed by atoms with Gasteiger partial charge in [0.2, 0.25) is 0 Å². The van der Waals surface area contributed by atoms with Crippen molar-refractivity contribution in [3.05, 3.63) is 65.7 Å². The van der Waals surface area contributed by atoms with E-state index in [0.29, 0.717) is 12.2 Å². The van der Waals surface area contributed by atoms with E-state index in [-0.39, 0.29) is 5.97 Å². The lowest BCUT2D eigenvalue weighted by atomic mass is 10.2. The third-order valence-electron chi connectivity index (χ3n) is 2.68. The van der Waals surface area contributed by atoms with E-state index in [1.165, 1.54) is 17.5 Å². The van der Waals surface area contributed by atoms with Crippen LogP contribution in [0.25, 0.3) is 0 Å². The number of benzene rings is 2. The van der Waals surface area contributed by atoms with E-state index in [2.05, 4.69) is 16.9 Å². The van der Waals surface area contributed by atoms with Crippen LogP contribution in [0.2, 0.25) is 0 Å². The molecule has 4 heteroatoms. The van der Waals surface area contributed by atoms with Crippen LogP contribution in [-0.2, 0) is 11.3 Å². The molecule has 2 aromatic rings. The van der Waals surface area contributed by atoms with Crippen molar-refractivity contribution in [3.8, 4) is 0 Å². The number of esters is 1. The van der Waals surface area contributed by atoms with Crippen LogP contribution >= 0.6 is 11.9 Å². The van der Waals surface area contributed by atoms with Gasteiger partial charge in [-0.1, -0.05) is 42.5 Å². The molecule has 0 heterocycles. The molecule has 0 bridgehead atoms. The zero-order valence-corrected chi connectivity index (χ0v) is 12.2. The summed E-state index contributed by atoms with van der Waals surface area (Å²) in [6.07, 6.45) is 0. The lowest BCUT2D eigenvalue weighted by Gasteiger charge is -2.09. The number of carbonyl (C=O) groups is 1. The Hall–Kier alpha value is -1.78. The largest absolute Gasteiger partial charge is 0.462 e. The second kappa shape index (κ2) is 7.72. The van der Waals surface area contributed by atoms with E-state index >= 15 is 0 Å². The maximum atomic E-state index is 11.8. The molecular formula is C16H17NO2S. The van der Waals surface area contributed by atoms with Crippen LogP contribution in [0.3, 0.4) is 0 Å². The summed E-state index contributed by atoms with van der Waals surface area (Å²) in [4.78, 5) is 12.7. The highest BCUT2D eigenvalue weighted by Crippen LogP contribution is 2.21. The summed E-state index contributed by atoms with van der Waals surface area (Å²) in [5.41, 5.74) is 1.80. The summed E-state index contributed by atoms with van der Waals surface area (Å²) in [5, 5.41) is 0. The van der Waals surface area contributed by atoms with Gasteiger partial charge < -0.3 is 4.74 Å². The predicted octanol–water partition coefficient (Wildman–Crippen LogP) is 3.66. The minimum atomic E-state index is -0.280. The van der Waals surface area contributed by atoms with Gasteiger partial charge in [-0.15, -0.1) is 0 Å². The van der Waals surface area contributed by atoms with Gasteiger partial charge in [0.05, 0.1) is 12.2 Å². The maximum absolute atomic E-state index is 11.8. The predicted molar refractivity (Wildman–Crippen MR) is 81.5 cm³/mol. The lowest BCUT2D eigenvalue weighted by molar-refractivity contribution is 0.0522. The minimum absolute atomic E-state index is 0.280. The fourth-order valence-electron chi connectivity index (χ4n) is 1.73. The second-order valence-corrected chi connectivity index (χ2v) is 5.06. The molecule has 0 radical (unpaired) electrons. The van der Waals surface area contributed by atoms with E-state index in [1.54, 1.807) is 13.0 Å². The molecule has 0 amide bonds. The van der Waals surface area contributed by atoms with Gasteiger partial charge in [-0.05, 0) is 36.6 Å². The van der Waals surface area contributed by atoms with Gasteiger partial charge >= 0.3 is 5.97 Å². The summed E-state index contributed by atoms with van der Waals surface area (Å²) >= 11 is 1.45. The van der Waals surface area contributed by atoms with Gasteiger partial charge in [-0.2, -0.15) is 0 Å². The van der Waals surface area contributed by atoms with Gasteiger partial charge in [-0.3, -0.25) is 4.72 Å². The van der Waals surface area contributed by atoms with Crippen molar-refractivity contribution in [2.24, 2.45) is 0 Å². The average molecular weight is 287 g/mol. The van der Waals surface area contributed by atoms with E-state index in [4.69, 9.17) is 4.74 Å². The normalized spacial score (nSPS) is 10.2. The number of hydrogen-bond acceptors (Lipinski definition) is 4. The molecule has 0 aliphatic rings. The van der Waals surface area contributed by atoms with Crippen LogP contribution in [0, 0.1) is 0 Å². The molecule has 0 atom stereocenters. The Kier molecular flexibility index (Phi) is 5.65. The fraction of sp³-hybridized carbons (Fsp3) is 0.188. The lowest BCUT2D eigenvalue weighted by Crippen LogP contribution is -2.08. The van der Waals surface area contributed by atoms with E-state index in [9.17, 15) is 4.79 Å². The average Bonchev–Trinajstić information content (AvgIpc) is 2.49. The standard InChI is InChI=1S/C16H17NO2S/c1-2-19-16(18)14-10-6-7-11-15(14)20-17-12-13-8-4-3-5-9-13/h3-11,17H,2,12H2,1H3. The van der Waals surface area contributed by atoms with E-state index in [1.807, 2.05) is 36.4 Å². The van der Waals surface area contributed by atoms with Gasteiger partial charge in [-0.25, -0.2) is 4.79 Å². The zero-order chi connectivity index (χ0) is 14.2. The van der Waals surface area contributed by atoms with Crippen molar-refractivity contribution < 1.29 is 9.53 Å². The van der Waals surface area contributed by atoms with Crippen molar-refractivity contribution >= 4 is 17.9 Å². The highest BCUT2D eigenvalue weighted by molar-refractivity contribution is 7.97. The van der Waals surface area contributed by atoms with Crippen molar-refractivity contribution in [2.45, 2.75) is 18.4 Å². The third kappa shape index (κ3) is 4.11. The van der Waals surface area contributed by atoms with Crippen LogP contribution in [-0.4, -0.2) is 12.6 Å². The smallest absolute Gasteiger partial charge is 0.339 e. The van der Waals surface area contributed by atoms with Crippen molar-refractivity contribution in [1.29, 1.82) is 0 Å². The number of ether oxygens (including phenoxy) is 1. The Bertz CT molecular complexity index is 557. The van der Waals surface area contributed by atoms with Gasteiger partial charge in [0, 0.05) is 11.4 Å². The first kappa shape index (κ1) is 14.6. The quantitative estimate of drug-likeness (QED) is 0.650. The van der Waals surface area contributed by atoms with Gasteiger partial charge in [0.25, 0.3) is 0 Å². The molecule has 0 unspecified atom stereocenters. The van der Waals surface area contributed by atoms with Crippen LogP contribution in [0.4, 0.5) is 0 Å². The van der Waals surface area contributed by atoms with Crippen LogP contribution in [0.1, 0.15) is 22.8 Å². The topological polar surface area (TPSA) is 38.3 Å². The first-order valence-corrected chi connectivity index (χ1v) is 7.32. The second-order valence-electron chi connectivity index (χ2n) is 4.13. The molecule has 2 rings (SSSR count). The monoisotopic (exact) mass is 287 g/mol. The molecule has 0 aromatic heterocycles. The number of hydrogen-bond donors (Lipinski definition) is 1. The Morgan fingerprint density at radius 2 is 1.80 bits per heavy atom. The van der Waals surface area contributed by atoms with Crippen molar-refractivity contribution in [2.75, 3.05) is 6.61 Å². The first-order valence-electron chi connectivity index (χ1n) is 6.51. The molecular weight excluding hydrogens is 270 g/mol. The van der Waals surface area contributed by atoms with Gasteiger partial charge in [0.1, 0.15) is 0 Å². The Balaban J connectivity index is 1.97. The van der Waals surface area contributed by atoms with E-state index in [0.717, 1.165) is 11.4 Å². The molecule has 2 aromatic carbocycles. The number of carbonyl (C=O) groups excluding carboxylic acids is 1. The van der Waals surface area contributed by atoms with Crippen LogP contribution in [0.5, 0.6) is 0 Å². The fourth-order valence-corrected chi connectivity index (χ4v) is 2.53. The SMILES string of the molecule is CCOC(=O)c1ccccc1SNCc1ccccc1. The molecule has 0 aliphatic carbocycles. The first-order chi connectivity index (χ1) is 9.81. The van der Waals surface area contributed by atoms with Crippen LogP contribution < -0.4 is 4.72 Å². The maximum Gasteiger partial charge on any atom is 0.339 e. The Morgan fingerprint density at radius 1 is 1.10 bits per heavy atom. The van der Waals surface area contributed by atoms with Crippen molar-refractivity contribution in [1.82, 2.24) is 4.72 Å². The molecule has 0 saturated heterocycles. The minimum Gasteiger partial charge on any atom is -0.462 e. The molecule has 0 aliphatic heterocycles. The third-order valence-corrected chi connectivity index (χ3v) is 3.55. The summed E-state index contributed by atoms with van der Waals surface area (Å²) in [5.74, 6) is -0.280. The molecule has 0 fully saturated rings. The molecule has 104 valence electrons. The Morgan fingerprint density at radius 3 is 2.55 bits per heavy atom. The summed E-state index contributed by atoms with van der Waals surface area (Å²) in [6, 6.07) is 17.6. The zero-order valence-electron chi connectivity index (χ0n) is 11.3. The van der Waals surface area contributed by atoms with Crippen LogP contribution in [0.15, 0.2) is 59.5 Å². The number of rotatable bonds is 6. The van der Waals surface area contributed by atoms with Crippen molar-refractivity contribution in [3.63, 3.8) is 0 Å². The highest BCUT2D eigenvalue weighted by Gasteiger charge is 2.11. The van der Waals surface area contributed by atoms with Gasteiger partial charge in [0.15, 0.2) is 0 Å². The Labute approximate surface area is 123 Å². The summed E-state index contributed by atoms with van der Waals surface area (Å²) < 4.78 is 8.32.